The average Bonchev–Trinajstić information content (AvgIpc) is 3.20. The summed E-state index contributed by atoms with van der Waals surface area (Å²) in [7, 11) is 0. The van der Waals surface area contributed by atoms with Gasteiger partial charge in [-0.15, -0.1) is 11.3 Å². The summed E-state index contributed by atoms with van der Waals surface area (Å²) < 4.78 is 1.99. The van der Waals surface area contributed by atoms with Gasteiger partial charge in [0.1, 0.15) is 11.9 Å². The van der Waals surface area contributed by atoms with Crippen molar-refractivity contribution in [2.24, 2.45) is 0 Å². The number of hydrogen-bond acceptors (Lipinski definition) is 3. The SMILES string of the molecule is Cc1c(C#N)c(NC(=O)c2cccs2)n(Cc2ccccc2)c1C. The first-order valence-corrected chi connectivity index (χ1v) is 8.48. The molecule has 5 heteroatoms. The number of hydrogen-bond donors (Lipinski definition) is 1. The number of benzene rings is 1. The lowest BCUT2D eigenvalue weighted by Gasteiger charge is -2.13. The zero-order valence-corrected chi connectivity index (χ0v) is 14.4. The van der Waals surface area contributed by atoms with E-state index < -0.39 is 0 Å². The summed E-state index contributed by atoms with van der Waals surface area (Å²) in [5.41, 5.74) is 3.52. The highest BCUT2D eigenvalue weighted by Crippen LogP contribution is 2.28. The number of rotatable bonds is 4. The summed E-state index contributed by atoms with van der Waals surface area (Å²) in [6.45, 7) is 4.49. The third kappa shape index (κ3) is 2.97. The van der Waals surface area contributed by atoms with Crippen LogP contribution in [0, 0.1) is 25.2 Å². The number of carbonyl (C=O) groups excluding carboxylic acids is 1. The van der Waals surface area contributed by atoms with E-state index in [0.29, 0.717) is 22.8 Å². The fraction of sp³-hybridized carbons (Fsp3) is 0.158. The standard InChI is InChI=1S/C19H17N3OS/c1-13-14(2)22(12-15-7-4-3-5-8-15)18(16(13)11-20)21-19(23)17-9-6-10-24-17/h3-10H,12H2,1-2H3,(H,21,23). The van der Waals surface area contributed by atoms with Crippen LogP contribution in [0.2, 0.25) is 0 Å². The Labute approximate surface area is 145 Å². The molecule has 2 heterocycles. The number of amides is 1. The maximum absolute atomic E-state index is 12.4. The highest BCUT2D eigenvalue weighted by Gasteiger charge is 2.20. The van der Waals surface area contributed by atoms with E-state index in [9.17, 15) is 10.1 Å². The molecule has 0 fully saturated rings. The van der Waals surface area contributed by atoms with Crippen LogP contribution in [0.15, 0.2) is 47.8 Å². The Morgan fingerprint density at radius 3 is 2.58 bits per heavy atom. The molecule has 0 bridgehead atoms. The molecular formula is C19H17N3OS. The van der Waals surface area contributed by atoms with E-state index in [1.807, 2.05) is 60.2 Å². The predicted molar refractivity (Wildman–Crippen MR) is 96.4 cm³/mol. The lowest BCUT2D eigenvalue weighted by Crippen LogP contribution is -2.16. The number of carbonyl (C=O) groups is 1. The molecule has 0 aliphatic carbocycles. The second-order valence-electron chi connectivity index (χ2n) is 5.55. The van der Waals surface area contributed by atoms with E-state index in [0.717, 1.165) is 16.8 Å². The van der Waals surface area contributed by atoms with E-state index in [1.54, 1.807) is 6.07 Å². The molecule has 120 valence electrons. The van der Waals surface area contributed by atoms with Crippen molar-refractivity contribution in [2.75, 3.05) is 5.32 Å². The Kier molecular flexibility index (Phi) is 4.50. The smallest absolute Gasteiger partial charge is 0.266 e. The van der Waals surface area contributed by atoms with Crippen molar-refractivity contribution in [3.05, 3.63) is 75.1 Å². The molecule has 3 aromatic rings. The molecule has 4 nitrogen and oxygen atoms in total. The molecule has 0 saturated heterocycles. The van der Waals surface area contributed by atoms with Gasteiger partial charge in [0.25, 0.3) is 5.91 Å². The van der Waals surface area contributed by atoms with E-state index in [4.69, 9.17) is 0 Å². The molecule has 1 N–H and O–H groups in total. The van der Waals surface area contributed by atoms with Crippen LogP contribution in [0.3, 0.4) is 0 Å². The maximum Gasteiger partial charge on any atom is 0.266 e. The number of aromatic nitrogens is 1. The van der Waals surface area contributed by atoms with Gasteiger partial charge in [-0.25, -0.2) is 0 Å². The lowest BCUT2D eigenvalue weighted by atomic mass is 10.2. The Bertz CT molecular complexity index is 902. The van der Waals surface area contributed by atoms with Crippen LogP contribution in [0.4, 0.5) is 5.82 Å². The van der Waals surface area contributed by atoms with Crippen LogP contribution in [0.1, 0.15) is 32.1 Å². The first-order chi connectivity index (χ1) is 11.6. The summed E-state index contributed by atoms with van der Waals surface area (Å²) in [6, 6.07) is 15.8. The summed E-state index contributed by atoms with van der Waals surface area (Å²) in [5.74, 6) is 0.378. The molecule has 1 aromatic carbocycles. The molecule has 0 aliphatic heterocycles. The topological polar surface area (TPSA) is 57.8 Å². The quantitative estimate of drug-likeness (QED) is 0.771. The van der Waals surface area contributed by atoms with Crippen molar-refractivity contribution in [3.63, 3.8) is 0 Å². The Balaban J connectivity index is 2.01. The van der Waals surface area contributed by atoms with Crippen LogP contribution in [0.5, 0.6) is 0 Å². The molecule has 1 amide bonds. The number of nitriles is 1. The van der Waals surface area contributed by atoms with Crippen molar-refractivity contribution >= 4 is 23.1 Å². The Hall–Kier alpha value is -2.84. The van der Waals surface area contributed by atoms with Crippen LogP contribution in [-0.4, -0.2) is 10.5 Å². The lowest BCUT2D eigenvalue weighted by molar-refractivity contribution is 0.102. The van der Waals surface area contributed by atoms with Crippen molar-refractivity contribution in [2.45, 2.75) is 20.4 Å². The fourth-order valence-electron chi connectivity index (χ4n) is 2.67. The van der Waals surface area contributed by atoms with Gasteiger partial charge in [-0.3, -0.25) is 4.79 Å². The van der Waals surface area contributed by atoms with Crippen LogP contribution < -0.4 is 5.32 Å². The second-order valence-corrected chi connectivity index (χ2v) is 6.50. The van der Waals surface area contributed by atoms with E-state index in [2.05, 4.69) is 11.4 Å². The molecule has 0 radical (unpaired) electrons. The van der Waals surface area contributed by atoms with Gasteiger partial charge in [-0.05, 0) is 36.4 Å². The number of nitrogens with zero attached hydrogens (tertiary/aromatic N) is 2. The predicted octanol–water partition coefficient (Wildman–Crippen LogP) is 4.34. The van der Waals surface area contributed by atoms with Crippen molar-refractivity contribution in [1.29, 1.82) is 5.26 Å². The number of anilines is 1. The maximum atomic E-state index is 12.4. The van der Waals surface area contributed by atoms with Gasteiger partial charge in [0.05, 0.1) is 10.4 Å². The first-order valence-electron chi connectivity index (χ1n) is 7.60. The van der Waals surface area contributed by atoms with E-state index >= 15 is 0 Å². The Morgan fingerprint density at radius 1 is 1.21 bits per heavy atom. The number of nitrogens with one attached hydrogen (secondary N) is 1. The van der Waals surface area contributed by atoms with Crippen molar-refractivity contribution < 1.29 is 4.79 Å². The molecule has 2 aromatic heterocycles. The molecule has 0 unspecified atom stereocenters. The molecular weight excluding hydrogens is 318 g/mol. The third-order valence-corrected chi connectivity index (χ3v) is 4.97. The summed E-state index contributed by atoms with van der Waals surface area (Å²) in [4.78, 5) is 13.1. The third-order valence-electron chi connectivity index (χ3n) is 4.10. The van der Waals surface area contributed by atoms with Gasteiger partial charge < -0.3 is 9.88 Å². The zero-order valence-electron chi connectivity index (χ0n) is 13.5. The van der Waals surface area contributed by atoms with Gasteiger partial charge in [-0.1, -0.05) is 36.4 Å². The van der Waals surface area contributed by atoms with Gasteiger partial charge in [0.15, 0.2) is 0 Å². The average molecular weight is 335 g/mol. The highest BCUT2D eigenvalue weighted by atomic mass is 32.1. The number of thiophene rings is 1. The van der Waals surface area contributed by atoms with Crippen molar-refractivity contribution in [3.8, 4) is 6.07 Å². The van der Waals surface area contributed by atoms with E-state index in [-0.39, 0.29) is 5.91 Å². The summed E-state index contributed by atoms with van der Waals surface area (Å²) in [5, 5.41) is 14.3. The molecule has 0 aliphatic rings. The largest absolute Gasteiger partial charge is 0.326 e. The summed E-state index contributed by atoms with van der Waals surface area (Å²) in [6.07, 6.45) is 0. The minimum Gasteiger partial charge on any atom is -0.326 e. The molecule has 0 spiro atoms. The van der Waals surface area contributed by atoms with Crippen molar-refractivity contribution in [1.82, 2.24) is 4.57 Å². The fourth-order valence-corrected chi connectivity index (χ4v) is 3.29. The zero-order chi connectivity index (χ0) is 17.1. The minimum absolute atomic E-state index is 0.187. The normalized spacial score (nSPS) is 10.4. The molecule has 24 heavy (non-hydrogen) atoms. The first kappa shape index (κ1) is 16.0. The summed E-state index contributed by atoms with van der Waals surface area (Å²) >= 11 is 1.38. The second kappa shape index (κ2) is 6.73. The van der Waals surface area contributed by atoms with E-state index in [1.165, 1.54) is 11.3 Å². The molecule has 0 atom stereocenters. The highest BCUT2D eigenvalue weighted by molar-refractivity contribution is 7.12. The van der Waals surface area contributed by atoms with Crippen LogP contribution >= 0.6 is 11.3 Å². The van der Waals surface area contributed by atoms with Gasteiger partial charge in [0, 0.05) is 12.2 Å². The Morgan fingerprint density at radius 2 is 1.96 bits per heavy atom. The molecule has 3 rings (SSSR count). The van der Waals surface area contributed by atoms with Gasteiger partial charge in [0.2, 0.25) is 0 Å². The van der Waals surface area contributed by atoms with Gasteiger partial charge >= 0.3 is 0 Å². The monoisotopic (exact) mass is 335 g/mol. The van der Waals surface area contributed by atoms with Gasteiger partial charge in [-0.2, -0.15) is 5.26 Å². The minimum atomic E-state index is -0.187. The van der Waals surface area contributed by atoms with Crippen LogP contribution in [-0.2, 0) is 6.54 Å². The van der Waals surface area contributed by atoms with Crippen LogP contribution in [0.25, 0.3) is 0 Å². The molecule has 0 saturated carbocycles.